The lowest BCUT2D eigenvalue weighted by Crippen LogP contribution is -2.08. The molecule has 0 aliphatic carbocycles. The van der Waals surface area contributed by atoms with E-state index >= 15 is 0 Å². The number of nitrogens with zero attached hydrogens (tertiary/aromatic N) is 4. The Morgan fingerprint density at radius 3 is 2.74 bits per heavy atom. The van der Waals surface area contributed by atoms with E-state index < -0.39 is 6.04 Å². The zero-order valence-electron chi connectivity index (χ0n) is 12.1. The van der Waals surface area contributed by atoms with Crippen molar-refractivity contribution in [2.45, 2.75) is 6.04 Å². The number of aliphatic hydroxyl groups excluding tert-OH is 1. The lowest BCUT2D eigenvalue weighted by atomic mass is 10.0. The molecule has 0 amide bonds. The van der Waals surface area contributed by atoms with Crippen LogP contribution in [0.25, 0.3) is 5.69 Å². The minimum atomic E-state index is -0.473. The van der Waals surface area contributed by atoms with Crippen molar-refractivity contribution in [3.05, 3.63) is 76.8 Å². The van der Waals surface area contributed by atoms with Gasteiger partial charge in [-0.1, -0.05) is 41.9 Å². The second-order valence-electron chi connectivity index (χ2n) is 5.26. The van der Waals surface area contributed by atoms with Crippen LogP contribution >= 0.6 is 11.6 Å². The summed E-state index contributed by atoms with van der Waals surface area (Å²) in [7, 11) is 0. The number of fused-ring (bicyclic) bond motifs is 3. The summed E-state index contributed by atoms with van der Waals surface area (Å²) in [5.74, 6) is 0.613. The Labute approximate surface area is 137 Å². The molecule has 6 heteroatoms. The van der Waals surface area contributed by atoms with E-state index in [2.05, 4.69) is 10.2 Å². The summed E-state index contributed by atoms with van der Waals surface area (Å²) in [6.07, 6.45) is 1.63. The standard InChI is InChI=1S/C17H13ClN4O/c18-12-6-7-15-13(8-12)16(11-4-2-1-3-5-11)20-14(9-23)17-21-19-10-22(15)17/h1-8,10,14,23H,9H2. The zero-order valence-corrected chi connectivity index (χ0v) is 12.9. The third-order valence-electron chi connectivity index (χ3n) is 3.85. The quantitative estimate of drug-likeness (QED) is 0.788. The molecule has 1 aliphatic rings. The predicted octanol–water partition coefficient (Wildman–Crippen LogP) is 2.81. The summed E-state index contributed by atoms with van der Waals surface area (Å²) in [4.78, 5) is 4.74. The Morgan fingerprint density at radius 1 is 1.13 bits per heavy atom. The molecular formula is C17H13ClN4O. The fraction of sp³-hybridized carbons (Fsp3) is 0.118. The molecule has 23 heavy (non-hydrogen) atoms. The molecule has 1 N–H and O–H groups in total. The molecule has 2 heterocycles. The number of hydrogen-bond donors (Lipinski definition) is 1. The lowest BCUT2D eigenvalue weighted by Gasteiger charge is -2.11. The van der Waals surface area contributed by atoms with E-state index in [1.54, 1.807) is 6.33 Å². The molecule has 3 aromatic rings. The normalized spacial score (nSPS) is 16.3. The molecule has 0 bridgehead atoms. The summed E-state index contributed by atoms with van der Waals surface area (Å²) in [6, 6.07) is 15.0. The molecule has 1 aromatic heterocycles. The van der Waals surface area contributed by atoms with E-state index in [1.807, 2.05) is 53.1 Å². The first kappa shape index (κ1) is 14.1. The fourth-order valence-electron chi connectivity index (χ4n) is 2.80. The van der Waals surface area contributed by atoms with Crippen molar-refractivity contribution in [2.24, 2.45) is 4.99 Å². The van der Waals surface area contributed by atoms with E-state index in [0.29, 0.717) is 10.8 Å². The van der Waals surface area contributed by atoms with Gasteiger partial charge in [-0.2, -0.15) is 0 Å². The van der Waals surface area contributed by atoms with E-state index in [0.717, 1.165) is 22.5 Å². The van der Waals surface area contributed by atoms with E-state index in [-0.39, 0.29) is 6.61 Å². The third kappa shape index (κ3) is 2.34. The Bertz CT molecular complexity index is 889. The number of rotatable bonds is 2. The van der Waals surface area contributed by atoms with Crippen LogP contribution < -0.4 is 0 Å². The average molecular weight is 325 g/mol. The molecule has 1 unspecified atom stereocenters. The van der Waals surface area contributed by atoms with Crippen LogP contribution in [-0.4, -0.2) is 32.2 Å². The Kier molecular flexibility index (Phi) is 3.44. The first-order chi connectivity index (χ1) is 11.3. The van der Waals surface area contributed by atoms with Gasteiger partial charge in [-0.25, -0.2) is 0 Å². The number of hydrogen-bond acceptors (Lipinski definition) is 4. The van der Waals surface area contributed by atoms with Gasteiger partial charge in [0.15, 0.2) is 5.82 Å². The first-order valence-corrected chi connectivity index (χ1v) is 7.60. The van der Waals surface area contributed by atoms with Crippen LogP contribution in [0.5, 0.6) is 0 Å². The van der Waals surface area contributed by atoms with Gasteiger partial charge in [0, 0.05) is 16.1 Å². The van der Waals surface area contributed by atoms with Crippen LogP contribution in [0.1, 0.15) is 23.0 Å². The molecular weight excluding hydrogens is 312 g/mol. The second-order valence-corrected chi connectivity index (χ2v) is 5.70. The van der Waals surface area contributed by atoms with Crippen molar-refractivity contribution in [3.63, 3.8) is 0 Å². The molecule has 4 rings (SSSR count). The van der Waals surface area contributed by atoms with Gasteiger partial charge in [-0.05, 0) is 18.2 Å². The van der Waals surface area contributed by atoms with Crippen molar-refractivity contribution in [1.82, 2.24) is 14.8 Å². The van der Waals surface area contributed by atoms with Crippen LogP contribution in [0.3, 0.4) is 0 Å². The molecule has 1 atom stereocenters. The van der Waals surface area contributed by atoms with E-state index in [4.69, 9.17) is 16.6 Å². The smallest absolute Gasteiger partial charge is 0.164 e. The predicted molar refractivity (Wildman–Crippen MR) is 88.3 cm³/mol. The molecule has 0 fully saturated rings. The largest absolute Gasteiger partial charge is 0.394 e. The van der Waals surface area contributed by atoms with Gasteiger partial charge in [0.25, 0.3) is 0 Å². The maximum Gasteiger partial charge on any atom is 0.164 e. The van der Waals surface area contributed by atoms with Crippen LogP contribution in [0.4, 0.5) is 0 Å². The highest BCUT2D eigenvalue weighted by Crippen LogP contribution is 2.30. The molecule has 0 saturated heterocycles. The monoisotopic (exact) mass is 324 g/mol. The molecule has 5 nitrogen and oxygen atoms in total. The summed E-state index contributed by atoms with van der Waals surface area (Å²) >= 11 is 6.21. The topological polar surface area (TPSA) is 63.3 Å². The van der Waals surface area contributed by atoms with Crippen molar-refractivity contribution >= 4 is 17.3 Å². The third-order valence-corrected chi connectivity index (χ3v) is 4.09. The molecule has 0 spiro atoms. The van der Waals surface area contributed by atoms with Crippen molar-refractivity contribution in [2.75, 3.05) is 6.61 Å². The maximum absolute atomic E-state index is 9.77. The summed E-state index contributed by atoms with van der Waals surface area (Å²) < 4.78 is 1.85. The summed E-state index contributed by atoms with van der Waals surface area (Å²) in [5, 5.41) is 18.5. The molecule has 0 radical (unpaired) electrons. The Hall–Kier alpha value is -2.50. The highest BCUT2D eigenvalue weighted by atomic mass is 35.5. The summed E-state index contributed by atoms with van der Waals surface area (Å²) in [5.41, 5.74) is 3.54. The minimum Gasteiger partial charge on any atom is -0.394 e. The number of halogens is 1. The zero-order chi connectivity index (χ0) is 15.8. The van der Waals surface area contributed by atoms with Gasteiger partial charge < -0.3 is 5.11 Å². The van der Waals surface area contributed by atoms with Gasteiger partial charge in [-0.15, -0.1) is 10.2 Å². The Balaban J connectivity index is 2.03. The highest BCUT2D eigenvalue weighted by molar-refractivity contribution is 6.31. The Morgan fingerprint density at radius 2 is 1.96 bits per heavy atom. The lowest BCUT2D eigenvalue weighted by molar-refractivity contribution is 0.263. The van der Waals surface area contributed by atoms with Gasteiger partial charge >= 0.3 is 0 Å². The number of benzene rings is 2. The van der Waals surface area contributed by atoms with Crippen molar-refractivity contribution in [1.29, 1.82) is 0 Å². The maximum atomic E-state index is 9.77. The fourth-order valence-corrected chi connectivity index (χ4v) is 2.97. The van der Waals surface area contributed by atoms with Crippen LogP contribution in [-0.2, 0) is 0 Å². The van der Waals surface area contributed by atoms with Crippen LogP contribution in [0.2, 0.25) is 5.02 Å². The van der Waals surface area contributed by atoms with Crippen LogP contribution in [0.15, 0.2) is 59.9 Å². The SMILES string of the molecule is OCC1N=C(c2ccccc2)c2cc(Cl)ccc2-n2cnnc21. The van der Waals surface area contributed by atoms with Gasteiger partial charge in [-0.3, -0.25) is 9.56 Å². The second kappa shape index (κ2) is 5.61. The minimum absolute atomic E-state index is 0.142. The first-order valence-electron chi connectivity index (χ1n) is 7.22. The van der Waals surface area contributed by atoms with Crippen molar-refractivity contribution in [3.8, 4) is 5.69 Å². The van der Waals surface area contributed by atoms with Gasteiger partial charge in [0.1, 0.15) is 12.4 Å². The van der Waals surface area contributed by atoms with Crippen molar-refractivity contribution < 1.29 is 5.11 Å². The van der Waals surface area contributed by atoms with Gasteiger partial charge in [0.2, 0.25) is 0 Å². The van der Waals surface area contributed by atoms with E-state index in [9.17, 15) is 5.11 Å². The summed E-state index contributed by atoms with van der Waals surface area (Å²) in [6.45, 7) is -0.142. The number of aromatic nitrogens is 3. The van der Waals surface area contributed by atoms with Crippen LogP contribution in [0, 0.1) is 0 Å². The molecule has 1 aliphatic heterocycles. The molecule has 0 saturated carbocycles. The van der Waals surface area contributed by atoms with E-state index in [1.165, 1.54) is 0 Å². The average Bonchev–Trinajstić information content (AvgIpc) is 3.01. The highest BCUT2D eigenvalue weighted by Gasteiger charge is 2.26. The van der Waals surface area contributed by atoms with Gasteiger partial charge in [0.05, 0.1) is 18.0 Å². The molecule has 114 valence electrons. The molecule has 2 aromatic carbocycles. The number of aliphatic imine (C=N–C) groups is 1. The number of aliphatic hydroxyl groups is 1.